The molecule has 0 bridgehead atoms. The van der Waals surface area contributed by atoms with Gasteiger partial charge in [-0.3, -0.25) is 5.41 Å². The lowest BCUT2D eigenvalue weighted by atomic mass is 10.1. The second-order valence-electron chi connectivity index (χ2n) is 4.42. The fourth-order valence-electron chi connectivity index (χ4n) is 1.72. The zero-order chi connectivity index (χ0) is 14.7. The van der Waals surface area contributed by atoms with Crippen molar-refractivity contribution in [2.45, 2.75) is 13.5 Å². The fraction of sp³-hybridized carbons (Fsp3) is 0.133. The van der Waals surface area contributed by atoms with Crippen LogP contribution in [0.2, 0.25) is 0 Å². The van der Waals surface area contributed by atoms with Gasteiger partial charge in [-0.1, -0.05) is 34.1 Å². The summed E-state index contributed by atoms with van der Waals surface area (Å²) in [7, 11) is 0. The number of amidine groups is 1. The van der Waals surface area contributed by atoms with Gasteiger partial charge < -0.3 is 10.5 Å². The van der Waals surface area contributed by atoms with Crippen LogP contribution in [0, 0.1) is 18.2 Å². The van der Waals surface area contributed by atoms with Gasteiger partial charge in [0.25, 0.3) is 0 Å². The molecule has 5 heteroatoms. The Morgan fingerprint density at radius 3 is 2.70 bits per heavy atom. The molecule has 0 aliphatic carbocycles. The van der Waals surface area contributed by atoms with Gasteiger partial charge in [0.05, 0.1) is 0 Å². The number of hydrogen-bond donors (Lipinski definition) is 2. The number of benzene rings is 2. The zero-order valence-electron chi connectivity index (χ0n) is 10.9. The first kappa shape index (κ1) is 14.5. The standard InChI is InChI=1S/C15H14BrFN2O/c1-9-2-5-12(16)7-14(9)20-8-11-4-3-10(15(18)19)6-13(11)17/h2-7H,8H2,1H3,(H3,18,19). The highest BCUT2D eigenvalue weighted by atomic mass is 79.9. The average Bonchev–Trinajstić information content (AvgIpc) is 2.40. The number of aryl methyl sites for hydroxylation is 1. The molecule has 0 heterocycles. The van der Waals surface area contributed by atoms with Crippen LogP contribution in [0.25, 0.3) is 0 Å². The molecule has 104 valence electrons. The summed E-state index contributed by atoms with van der Waals surface area (Å²) in [6.45, 7) is 2.05. The summed E-state index contributed by atoms with van der Waals surface area (Å²) in [5, 5.41) is 7.27. The van der Waals surface area contributed by atoms with E-state index in [0.29, 0.717) is 16.9 Å². The summed E-state index contributed by atoms with van der Waals surface area (Å²) in [5.41, 5.74) is 7.09. The highest BCUT2D eigenvalue weighted by Gasteiger charge is 2.07. The molecule has 0 atom stereocenters. The molecule has 2 aromatic rings. The smallest absolute Gasteiger partial charge is 0.130 e. The minimum absolute atomic E-state index is 0.126. The second kappa shape index (κ2) is 6.05. The molecule has 20 heavy (non-hydrogen) atoms. The Morgan fingerprint density at radius 2 is 2.05 bits per heavy atom. The molecule has 0 fully saturated rings. The van der Waals surface area contributed by atoms with Gasteiger partial charge in [-0.25, -0.2) is 4.39 Å². The van der Waals surface area contributed by atoms with Crippen LogP contribution < -0.4 is 10.5 Å². The maximum absolute atomic E-state index is 13.9. The highest BCUT2D eigenvalue weighted by Crippen LogP contribution is 2.24. The van der Waals surface area contributed by atoms with E-state index in [1.165, 1.54) is 6.07 Å². The fourth-order valence-corrected chi connectivity index (χ4v) is 2.06. The van der Waals surface area contributed by atoms with Crippen molar-refractivity contribution in [1.29, 1.82) is 5.41 Å². The zero-order valence-corrected chi connectivity index (χ0v) is 12.5. The number of nitrogen functional groups attached to an aromatic ring is 1. The molecule has 0 aliphatic heterocycles. The van der Waals surface area contributed by atoms with Crippen LogP contribution in [0.15, 0.2) is 40.9 Å². The number of hydrogen-bond acceptors (Lipinski definition) is 2. The highest BCUT2D eigenvalue weighted by molar-refractivity contribution is 9.10. The topological polar surface area (TPSA) is 59.1 Å². The lowest BCUT2D eigenvalue weighted by Gasteiger charge is -2.11. The Labute approximate surface area is 125 Å². The molecule has 0 aliphatic rings. The van der Waals surface area contributed by atoms with Gasteiger partial charge in [-0.2, -0.15) is 0 Å². The van der Waals surface area contributed by atoms with Crippen molar-refractivity contribution in [2.75, 3.05) is 0 Å². The molecule has 0 unspecified atom stereocenters. The molecule has 0 saturated heterocycles. The Hall–Kier alpha value is -1.88. The number of halogens is 2. The molecule has 0 radical (unpaired) electrons. The summed E-state index contributed by atoms with van der Waals surface area (Å²) < 4.78 is 20.4. The largest absolute Gasteiger partial charge is 0.488 e. The molecular weight excluding hydrogens is 323 g/mol. The van der Waals surface area contributed by atoms with Crippen molar-refractivity contribution >= 4 is 21.8 Å². The van der Waals surface area contributed by atoms with Crippen molar-refractivity contribution < 1.29 is 9.13 Å². The monoisotopic (exact) mass is 336 g/mol. The van der Waals surface area contributed by atoms with E-state index in [1.54, 1.807) is 12.1 Å². The quantitative estimate of drug-likeness (QED) is 0.659. The third-order valence-electron chi connectivity index (χ3n) is 2.90. The Morgan fingerprint density at radius 1 is 1.30 bits per heavy atom. The van der Waals surface area contributed by atoms with Gasteiger partial charge in [0.15, 0.2) is 0 Å². The third kappa shape index (κ3) is 3.36. The van der Waals surface area contributed by atoms with Gasteiger partial charge >= 0.3 is 0 Å². The van der Waals surface area contributed by atoms with Gasteiger partial charge in [0.1, 0.15) is 24.0 Å². The van der Waals surface area contributed by atoms with Crippen LogP contribution in [0.3, 0.4) is 0 Å². The van der Waals surface area contributed by atoms with E-state index in [1.807, 2.05) is 25.1 Å². The number of rotatable bonds is 4. The second-order valence-corrected chi connectivity index (χ2v) is 5.33. The maximum atomic E-state index is 13.9. The van der Waals surface area contributed by atoms with E-state index in [0.717, 1.165) is 10.0 Å². The van der Waals surface area contributed by atoms with Crippen molar-refractivity contribution in [3.63, 3.8) is 0 Å². The molecule has 2 rings (SSSR count). The summed E-state index contributed by atoms with van der Waals surface area (Å²) in [5.74, 6) is 0.124. The number of nitrogens with two attached hydrogens (primary N) is 1. The summed E-state index contributed by atoms with van der Waals surface area (Å²) in [6, 6.07) is 10.1. The van der Waals surface area contributed by atoms with Crippen molar-refractivity contribution in [2.24, 2.45) is 5.73 Å². The summed E-state index contributed by atoms with van der Waals surface area (Å²) in [6.07, 6.45) is 0. The molecule has 0 amide bonds. The van der Waals surface area contributed by atoms with E-state index in [2.05, 4.69) is 15.9 Å². The Bertz CT molecular complexity index is 658. The number of ether oxygens (including phenoxy) is 1. The van der Waals surface area contributed by atoms with E-state index in [4.69, 9.17) is 15.9 Å². The maximum Gasteiger partial charge on any atom is 0.130 e. The van der Waals surface area contributed by atoms with Crippen LogP contribution >= 0.6 is 15.9 Å². The van der Waals surface area contributed by atoms with Crippen LogP contribution in [-0.4, -0.2) is 5.84 Å². The van der Waals surface area contributed by atoms with Gasteiger partial charge in [0, 0.05) is 15.6 Å². The van der Waals surface area contributed by atoms with Crippen molar-refractivity contribution in [3.8, 4) is 5.75 Å². The van der Waals surface area contributed by atoms with Crippen molar-refractivity contribution in [1.82, 2.24) is 0 Å². The van der Waals surface area contributed by atoms with E-state index in [9.17, 15) is 4.39 Å². The lowest BCUT2D eigenvalue weighted by Crippen LogP contribution is -2.12. The van der Waals surface area contributed by atoms with Crippen molar-refractivity contribution in [3.05, 3.63) is 63.4 Å². The summed E-state index contributed by atoms with van der Waals surface area (Å²) >= 11 is 3.37. The van der Waals surface area contributed by atoms with Crippen LogP contribution in [-0.2, 0) is 6.61 Å². The van der Waals surface area contributed by atoms with E-state index in [-0.39, 0.29) is 12.4 Å². The Kier molecular flexibility index (Phi) is 4.39. The molecule has 0 saturated carbocycles. The predicted molar refractivity (Wildman–Crippen MR) is 80.6 cm³/mol. The third-order valence-corrected chi connectivity index (χ3v) is 3.39. The lowest BCUT2D eigenvalue weighted by molar-refractivity contribution is 0.297. The van der Waals surface area contributed by atoms with Crippen LogP contribution in [0.5, 0.6) is 5.75 Å². The SMILES string of the molecule is Cc1ccc(Br)cc1OCc1ccc(C(=N)N)cc1F. The normalized spacial score (nSPS) is 10.3. The summed E-state index contributed by atoms with van der Waals surface area (Å²) in [4.78, 5) is 0. The van der Waals surface area contributed by atoms with Crippen LogP contribution in [0.1, 0.15) is 16.7 Å². The molecule has 0 aromatic heterocycles. The predicted octanol–water partition coefficient (Wildman–Crippen LogP) is 3.76. The minimum atomic E-state index is -0.426. The first-order valence-corrected chi connectivity index (χ1v) is 6.78. The molecule has 2 aromatic carbocycles. The van der Waals surface area contributed by atoms with E-state index >= 15 is 0 Å². The van der Waals surface area contributed by atoms with Gasteiger partial charge in [-0.05, 0) is 30.7 Å². The molecule has 3 nitrogen and oxygen atoms in total. The average molecular weight is 337 g/mol. The van der Waals surface area contributed by atoms with Crippen LogP contribution in [0.4, 0.5) is 4.39 Å². The number of nitrogens with one attached hydrogen (secondary N) is 1. The molecule has 3 N–H and O–H groups in total. The Balaban J connectivity index is 2.15. The minimum Gasteiger partial charge on any atom is -0.488 e. The first-order valence-electron chi connectivity index (χ1n) is 5.99. The molecular formula is C15H14BrFN2O. The molecule has 0 spiro atoms. The first-order chi connectivity index (χ1) is 9.47. The van der Waals surface area contributed by atoms with Gasteiger partial charge in [-0.15, -0.1) is 0 Å². The van der Waals surface area contributed by atoms with Gasteiger partial charge in [0.2, 0.25) is 0 Å². The van der Waals surface area contributed by atoms with E-state index < -0.39 is 5.82 Å².